The normalized spacial score (nSPS) is 19.0. The lowest BCUT2D eigenvalue weighted by molar-refractivity contribution is 0.270. The molecule has 1 fully saturated rings. The van der Waals surface area contributed by atoms with Crippen LogP contribution in [0.4, 0.5) is 11.8 Å². The van der Waals surface area contributed by atoms with Crippen LogP contribution in [0.15, 0.2) is 6.20 Å². The highest BCUT2D eigenvalue weighted by Gasteiger charge is 2.25. The minimum Gasteiger partial charge on any atom is -0.357 e. The largest absolute Gasteiger partial charge is 0.357 e. The van der Waals surface area contributed by atoms with Gasteiger partial charge in [0.05, 0.1) is 6.20 Å². The zero-order valence-corrected chi connectivity index (χ0v) is 14.0. The third-order valence-corrected chi connectivity index (χ3v) is 4.28. The molecular weight excluding hydrogens is 286 g/mol. The van der Waals surface area contributed by atoms with E-state index in [-0.39, 0.29) is 0 Å². The van der Waals surface area contributed by atoms with E-state index >= 15 is 0 Å². The molecule has 1 aliphatic rings. The molecule has 1 aliphatic heterocycles. The summed E-state index contributed by atoms with van der Waals surface area (Å²) in [5.74, 6) is 1.47. The maximum Gasteiger partial charge on any atom is 0.224 e. The minimum atomic E-state index is 0.595. The SMILES string of the molecule is CCCNc1ncc(Cl)c(N(C)CC2CCCN2CC)n1. The van der Waals surface area contributed by atoms with Crippen molar-refractivity contribution in [3.63, 3.8) is 0 Å². The Morgan fingerprint density at radius 3 is 3.00 bits per heavy atom. The van der Waals surface area contributed by atoms with Gasteiger partial charge in [-0.3, -0.25) is 4.90 Å². The lowest BCUT2D eigenvalue weighted by Crippen LogP contribution is -2.39. The van der Waals surface area contributed by atoms with Gasteiger partial charge in [-0.1, -0.05) is 25.4 Å². The molecule has 1 aromatic rings. The molecule has 1 unspecified atom stereocenters. The second kappa shape index (κ2) is 7.80. The van der Waals surface area contributed by atoms with Crippen molar-refractivity contribution in [1.29, 1.82) is 0 Å². The van der Waals surface area contributed by atoms with Crippen molar-refractivity contribution in [2.24, 2.45) is 0 Å². The van der Waals surface area contributed by atoms with Gasteiger partial charge in [-0.15, -0.1) is 0 Å². The number of nitrogens with one attached hydrogen (secondary N) is 1. The van der Waals surface area contributed by atoms with E-state index in [0.29, 0.717) is 17.0 Å². The molecule has 1 saturated heterocycles. The number of likely N-dealkylation sites (tertiary alicyclic amines) is 1. The number of hydrogen-bond donors (Lipinski definition) is 1. The molecule has 0 radical (unpaired) electrons. The first-order chi connectivity index (χ1) is 10.2. The topological polar surface area (TPSA) is 44.3 Å². The summed E-state index contributed by atoms with van der Waals surface area (Å²) in [5.41, 5.74) is 0. The van der Waals surface area contributed by atoms with Crippen LogP contribution < -0.4 is 10.2 Å². The fraction of sp³-hybridized carbons (Fsp3) is 0.733. The van der Waals surface area contributed by atoms with E-state index in [4.69, 9.17) is 11.6 Å². The van der Waals surface area contributed by atoms with Gasteiger partial charge < -0.3 is 10.2 Å². The monoisotopic (exact) mass is 311 g/mol. The highest BCUT2D eigenvalue weighted by atomic mass is 35.5. The van der Waals surface area contributed by atoms with Crippen molar-refractivity contribution in [1.82, 2.24) is 14.9 Å². The van der Waals surface area contributed by atoms with E-state index in [2.05, 4.69) is 46.0 Å². The summed E-state index contributed by atoms with van der Waals surface area (Å²) in [7, 11) is 2.06. The molecular formula is C15H26ClN5. The van der Waals surface area contributed by atoms with Crippen LogP contribution in [0.3, 0.4) is 0 Å². The van der Waals surface area contributed by atoms with Gasteiger partial charge in [-0.25, -0.2) is 4.98 Å². The number of nitrogens with zero attached hydrogens (tertiary/aromatic N) is 4. The predicted octanol–water partition coefficient (Wildman–Crippen LogP) is 2.87. The standard InChI is InChI=1S/C15H26ClN5/c1-4-8-17-15-18-10-13(16)14(19-15)20(3)11-12-7-6-9-21(12)5-2/h10,12H,4-9,11H2,1-3H3,(H,17,18,19). The molecule has 0 spiro atoms. The molecule has 0 amide bonds. The van der Waals surface area contributed by atoms with E-state index in [1.165, 1.54) is 19.4 Å². The van der Waals surface area contributed by atoms with E-state index in [9.17, 15) is 0 Å². The van der Waals surface area contributed by atoms with Crippen LogP contribution in [-0.4, -0.2) is 54.1 Å². The van der Waals surface area contributed by atoms with Gasteiger partial charge in [0.15, 0.2) is 5.82 Å². The first-order valence-corrected chi connectivity index (χ1v) is 8.25. The smallest absolute Gasteiger partial charge is 0.224 e. The molecule has 21 heavy (non-hydrogen) atoms. The van der Waals surface area contributed by atoms with E-state index in [0.717, 1.165) is 31.9 Å². The van der Waals surface area contributed by atoms with Crippen molar-refractivity contribution in [2.45, 2.75) is 39.2 Å². The van der Waals surface area contributed by atoms with E-state index in [1.807, 2.05) is 0 Å². The number of rotatable bonds is 7. The van der Waals surface area contributed by atoms with Crippen LogP contribution >= 0.6 is 11.6 Å². The van der Waals surface area contributed by atoms with Crippen LogP contribution in [0.5, 0.6) is 0 Å². The van der Waals surface area contributed by atoms with Crippen molar-refractivity contribution >= 4 is 23.4 Å². The molecule has 5 nitrogen and oxygen atoms in total. The molecule has 2 rings (SSSR count). The Hall–Kier alpha value is -1.07. The molecule has 0 bridgehead atoms. The van der Waals surface area contributed by atoms with Crippen molar-refractivity contribution in [3.05, 3.63) is 11.2 Å². The average Bonchev–Trinajstić information content (AvgIpc) is 2.93. The molecule has 0 aromatic carbocycles. The van der Waals surface area contributed by atoms with Crippen LogP contribution in [0, 0.1) is 0 Å². The van der Waals surface area contributed by atoms with Gasteiger partial charge in [0.2, 0.25) is 5.95 Å². The predicted molar refractivity (Wildman–Crippen MR) is 89.4 cm³/mol. The summed E-state index contributed by atoms with van der Waals surface area (Å²) in [4.78, 5) is 13.5. The number of halogens is 1. The van der Waals surface area contributed by atoms with Gasteiger partial charge in [-0.2, -0.15) is 4.98 Å². The number of anilines is 2. The Morgan fingerprint density at radius 1 is 1.48 bits per heavy atom. The molecule has 0 aliphatic carbocycles. The number of hydrogen-bond acceptors (Lipinski definition) is 5. The number of likely N-dealkylation sites (N-methyl/N-ethyl adjacent to an activating group) is 2. The van der Waals surface area contributed by atoms with Gasteiger partial charge in [0, 0.05) is 26.2 Å². The van der Waals surface area contributed by atoms with Crippen LogP contribution in [-0.2, 0) is 0 Å². The fourth-order valence-electron chi connectivity index (χ4n) is 2.87. The average molecular weight is 312 g/mol. The summed E-state index contributed by atoms with van der Waals surface area (Å²) in [6, 6.07) is 0.595. The third kappa shape index (κ3) is 4.20. The summed E-state index contributed by atoms with van der Waals surface area (Å²) in [5, 5.41) is 3.82. The Kier molecular flexibility index (Phi) is 6.06. The van der Waals surface area contributed by atoms with Crippen molar-refractivity contribution in [3.8, 4) is 0 Å². The maximum atomic E-state index is 6.27. The zero-order valence-electron chi connectivity index (χ0n) is 13.3. The van der Waals surface area contributed by atoms with Crippen LogP contribution in [0.2, 0.25) is 5.02 Å². The molecule has 1 atom stereocenters. The molecule has 1 aromatic heterocycles. The van der Waals surface area contributed by atoms with Crippen LogP contribution in [0.25, 0.3) is 0 Å². The van der Waals surface area contributed by atoms with E-state index < -0.39 is 0 Å². The lowest BCUT2D eigenvalue weighted by Gasteiger charge is -2.28. The molecule has 0 saturated carbocycles. The molecule has 1 N–H and O–H groups in total. The molecule has 6 heteroatoms. The Labute approximate surface area is 132 Å². The van der Waals surface area contributed by atoms with Crippen LogP contribution in [0.1, 0.15) is 33.1 Å². The third-order valence-electron chi connectivity index (χ3n) is 4.01. The highest BCUT2D eigenvalue weighted by Crippen LogP contribution is 2.25. The van der Waals surface area contributed by atoms with Gasteiger partial charge in [0.25, 0.3) is 0 Å². The summed E-state index contributed by atoms with van der Waals surface area (Å²) in [6.07, 6.45) is 5.27. The maximum absolute atomic E-state index is 6.27. The summed E-state index contributed by atoms with van der Waals surface area (Å²) in [6.45, 7) is 8.49. The Bertz CT molecular complexity index is 454. The quantitative estimate of drug-likeness (QED) is 0.839. The first kappa shape index (κ1) is 16.3. The van der Waals surface area contributed by atoms with Gasteiger partial charge in [0.1, 0.15) is 5.02 Å². The first-order valence-electron chi connectivity index (χ1n) is 7.87. The fourth-order valence-corrected chi connectivity index (χ4v) is 3.10. The van der Waals surface area contributed by atoms with Gasteiger partial charge in [-0.05, 0) is 32.4 Å². The minimum absolute atomic E-state index is 0.595. The second-order valence-electron chi connectivity index (χ2n) is 5.60. The van der Waals surface area contributed by atoms with E-state index in [1.54, 1.807) is 6.20 Å². The Morgan fingerprint density at radius 2 is 2.29 bits per heavy atom. The summed E-state index contributed by atoms with van der Waals surface area (Å²) < 4.78 is 0. The summed E-state index contributed by atoms with van der Waals surface area (Å²) >= 11 is 6.27. The Balaban J connectivity index is 2.05. The second-order valence-corrected chi connectivity index (χ2v) is 6.00. The van der Waals surface area contributed by atoms with Gasteiger partial charge >= 0.3 is 0 Å². The zero-order chi connectivity index (χ0) is 15.2. The molecule has 118 valence electrons. The number of aromatic nitrogens is 2. The lowest BCUT2D eigenvalue weighted by atomic mass is 10.2. The molecule has 2 heterocycles. The van der Waals surface area contributed by atoms with Crippen molar-refractivity contribution < 1.29 is 0 Å². The van der Waals surface area contributed by atoms with Crippen molar-refractivity contribution in [2.75, 3.05) is 43.4 Å². The highest BCUT2D eigenvalue weighted by molar-refractivity contribution is 6.32.